The molecule has 1 aromatic heterocycles. The van der Waals surface area contributed by atoms with Crippen LogP contribution in [0.5, 0.6) is 11.5 Å². The number of methoxy groups -OCH3 is 1. The zero-order chi connectivity index (χ0) is 23.9. The molecule has 0 fully saturated rings. The molecule has 0 aliphatic heterocycles. The van der Waals surface area contributed by atoms with Crippen LogP contribution in [0, 0.1) is 0 Å². The first-order valence-corrected chi connectivity index (χ1v) is 12.7. The number of anilines is 1. The molecule has 1 heterocycles. The van der Waals surface area contributed by atoms with E-state index in [2.05, 4.69) is 42.2 Å². The Morgan fingerprint density at radius 1 is 1.09 bits per heavy atom. The van der Waals surface area contributed by atoms with Crippen LogP contribution in [0.3, 0.4) is 0 Å². The Hall–Kier alpha value is -2.94. The molecule has 5 nitrogen and oxygen atoms in total. The van der Waals surface area contributed by atoms with Crippen molar-refractivity contribution in [2.24, 2.45) is 0 Å². The summed E-state index contributed by atoms with van der Waals surface area (Å²) in [6.07, 6.45) is 3.18. The van der Waals surface area contributed by atoms with Gasteiger partial charge in [-0.1, -0.05) is 58.4 Å². The molecule has 34 heavy (non-hydrogen) atoms. The van der Waals surface area contributed by atoms with Crippen molar-refractivity contribution >= 4 is 60.3 Å². The maximum atomic E-state index is 12.4. The van der Waals surface area contributed by atoms with Crippen LogP contribution in [0.2, 0.25) is 0 Å². The Balaban J connectivity index is 1.41. The molecule has 0 radical (unpaired) electrons. The van der Waals surface area contributed by atoms with Crippen molar-refractivity contribution in [3.63, 3.8) is 0 Å². The van der Waals surface area contributed by atoms with Gasteiger partial charge in [-0.15, -0.1) is 11.3 Å². The summed E-state index contributed by atoms with van der Waals surface area (Å²) in [7, 11) is 1.59. The number of hydrogen-bond donors (Lipinski definition) is 1. The largest absolute Gasteiger partial charge is 0.493 e. The Morgan fingerprint density at radius 3 is 2.59 bits per heavy atom. The lowest BCUT2D eigenvalue weighted by molar-refractivity contribution is -0.111. The van der Waals surface area contributed by atoms with Crippen LogP contribution in [0.15, 0.2) is 87.1 Å². The Morgan fingerprint density at radius 2 is 1.85 bits per heavy atom. The second kappa shape index (κ2) is 11.5. The molecule has 172 valence electrons. The predicted octanol–water partition coefficient (Wildman–Crippen LogP) is 7.57. The van der Waals surface area contributed by atoms with Crippen LogP contribution in [-0.4, -0.2) is 18.0 Å². The van der Waals surface area contributed by atoms with Crippen LogP contribution in [0.4, 0.5) is 5.13 Å². The number of nitrogens with zero attached hydrogens (tertiary/aromatic N) is 1. The van der Waals surface area contributed by atoms with Gasteiger partial charge >= 0.3 is 0 Å². The molecular weight excluding hydrogens is 580 g/mol. The van der Waals surface area contributed by atoms with Crippen molar-refractivity contribution in [2.45, 2.75) is 6.61 Å². The molecule has 0 saturated heterocycles. The van der Waals surface area contributed by atoms with E-state index in [1.807, 2.05) is 72.1 Å². The fourth-order valence-corrected chi connectivity index (χ4v) is 4.67. The van der Waals surface area contributed by atoms with Crippen LogP contribution in [0.25, 0.3) is 17.3 Å². The lowest BCUT2D eigenvalue weighted by atomic mass is 10.2. The van der Waals surface area contributed by atoms with Crippen LogP contribution >= 0.6 is 43.2 Å². The smallest absolute Gasteiger partial charge is 0.250 e. The first kappa shape index (κ1) is 24.2. The van der Waals surface area contributed by atoms with E-state index in [-0.39, 0.29) is 5.91 Å². The van der Waals surface area contributed by atoms with Crippen LogP contribution in [0.1, 0.15) is 11.1 Å². The van der Waals surface area contributed by atoms with Gasteiger partial charge in [0.1, 0.15) is 6.61 Å². The average Bonchev–Trinajstić information content (AvgIpc) is 3.31. The summed E-state index contributed by atoms with van der Waals surface area (Å²) in [5.74, 6) is 0.914. The first-order valence-electron chi connectivity index (χ1n) is 10.3. The number of nitrogens with one attached hydrogen (secondary N) is 1. The van der Waals surface area contributed by atoms with Gasteiger partial charge < -0.3 is 9.47 Å². The standard InChI is InChI=1S/C26H20Br2N2O3S/c1-32-23-14-18(13-21(28)25(23)33-15-17-5-3-2-4-6-17)7-12-24(31)30-26-29-22(16-34-26)19-8-10-20(27)11-9-19/h2-14,16H,15H2,1H3,(H,29,30,31)/b12-7+. The number of carbonyl (C=O) groups is 1. The summed E-state index contributed by atoms with van der Waals surface area (Å²) in [4.78, 5) is 16.9. The van der Waals surface area contributed by atoms with Gasteiger partial charge in [0, 0.05) is 21.5 Å². The van der Waals surface area contributed by atoms with E-state index in [1.165, 1.54) is 17.4 Å². The zero-order valence-electron chi connectivity index (χ0n) is 18.1. The summed E-state index contributed by atoms with van der Waals surface area (Å²) in [6.45, 7) is 0.420. The van der Waals surface area contributed by atoms with Gasteiger partial charge in [0.25, 0.3) is 0 Å². The van der Waals surface area contributed by atoms with Crippen LogP contribution in [-0.2, 0) is 11.4 Å². The molecule has 8 heteroatoms. The third-order valence-corrected chi connectivity index (χ3v) is 6.65. The lowest BCUT2D eigenvalue weighted by Gasteiger charge is -2.13. The Labute approximate surface area is 218 Å². The molecule has 1 amide bonds. The molecule has 0 saturated carbocycles. The molecule has 1 N–H and O–H groups in total. The molecule has 4 rings (SSSR count). The molecule has 0 unspecified atom stereocenters. The second-order valence-electron chi connectivity index (χ2n) is 7.18. The number of halogens is 2. The number of aromatic nitrogens is 1. The van der Waals surface area contributed by atoms with Gasteiger partial charge in [0.2, 0.25) is 5.91 Å². The van der Waals surface area contributed by atoms with E-state index < -0.39 is 0 Å². The van der Waals surface area contributed by atoms with Gasteiger partial charge in [0.15, 0.2) is 16.6 Å². The maximum absolute atomic E-state index is 12.4. The van der Waals surface area contributed by atoms with Crippen molar-refractivity contribution in [2.75, 3.05) is 12.4 Å². The number of amides is 1. The highest BCUT2D eigenvalue weighted by atomic mass is 79.9. The second-order valence-corrected chi connectivity index (χ2v) is 9.80. The summed E-state index contributed by atoms with van der Waals surface area (Å²) in [5, 5.41) is 5.26. The van der Waals surface area contributed by atoms with Gasteiger partial charge in [-0.2, -0.15) is 0 Å². The number of hydrogen-bond acceptors (Lipinski definition) is 5. The zero-order valence-corrected chi connectivity index (χ0v) is 22.1. The van der Waals surface area contributed by atoms with E-state index in [0.29, 0.717) is 23.2 Å². The fraction of sp³-hybridized carbons (Fsp3) is 0.0769. The topological polar surface area (TPSA) is 60.5 Å². The molecule has 0 atom stereocenters. The van der Waals surface area contributed by atoms with E-state index >= 15 is 0 Å². The van der Waals surface area contributed by atoms with Gasteiger partial charge in [-0.25, -0.2) is 4.98 Å². The number of thiazole rings is 1. The van der Waals surface area contributed by atoms with E-state index in [9.17, 15) is 4.79 Å². The third kappa shape index (κ3) is 6.34. The summed E-state index contributed by atoms with van der Waals surface area (Å²) >= 11 is 8.36. The molecule has 4 aromatic rings. The van der Waals surface area contributed by atoms with E-state index in [0.717, 1.165) is 31.3 Å². The molecule has 0 spiro atoms. The average molecular weight is 600 g/mol. The number of carbonyl (C=O) groups excluding carboxylic acids is 1. The fourth-order valence-electron chi connectivity index (χ4n) is 3.11. The Bertz CT molecular complexity index is 1310. The molecule has 0 aliphatic carbocycles. The summed E-state index contributed by atoms with van der Waals surface area (Å²) < 4.78 is 13.2. The SMILES string of the molecule is COc1cc(/C=C/C(=O)Nc2nc(-c3ccc(Br)cc3)cs2)cc(Br)c1OCc1ccccc1. The minimum atomic E-state index is -0.267. The quantitative estimate of drug-likeness (QED) is 0.212. The highest BCUT2D eigenvalue weighted by molar-refractivity contribution is 9.10. The number of rotatable bonds is 8. The minimum absolute atomic E-state index is 0.267. The number of ether oxygens (including phenoxy) is 2. The molecule has 3 aromatic carbocycles. The monoisotopic (exact) mass is 598 g/mol. The highest BCUT2D eigenvalue weighted by Crippen LogP contribution is 2.37. The Kier molecular flexibility index (Phi) is 8.16. The van der Waals surface area contributed by atoms with Gasteiger partial charge in [-0.05, 0) is 57.4 Å². The normalized spacial score (nSPS) is 10.9. The minimum Gasteiger partial charge on any atom is -0.493 e. The summed E-state index contributed by atoms with van der Waals surface area (Å²) in [5.41, 5.74) is 3.65. The van der Waals surface area contributed by atoms with Crippen molar-refractivity contribution in [3.05, 3.63) is 98.3 Å². The first-order chi connectivity index (χ1) is 16.5. The lowest BCUT2D eigenvalue weighted by Crippen LogP contribution is -2.07. The van der Waals surface area contributed by atoms with Gasteiger partial charge in [0.05, 0.1) is 17.3 Å². The number of benzene rings is 3. The van der Waals surface area contributed by atoms with Crippen molar-refractivity contribution in [3.8, 4) is 22.8 Å². The predicted molar refractivity (Wildman–Crippen MR) is 144 cm³/mol. The van der Waals surface area contributed by atoms with Crippen LogP contribution < -0.4 is 14.8 Å². The summed E-state index contributed by atoms with van der Waals surface area (Å²) in [6, 6.07) is 21.5. The van der Waals surface area contributed by atoms with E-state index in [4.69, 9.17) is 9.47 Å². The molecule has 0 aliphatic rings. The van der Waals surface area contributed by atoms with Gasteiger partial charge in [-0.3, -0.25) is 10.1 Å². The molecular formula is C26H20Br2N2O3S. The van der Waals surface area contributed by atoms with Crippen molar-refractivity contribution in [1.29, 1.82) is 0 Å². The highest BCUT2D eigenvalue weighted by Gasteiger charge is 2.12. The van der Waals surface area contributed by atoms with Crippen molar-refractivity contribution in [1.82, 2.24) is 4.98 Å². The third-order valence-electron chi connectivity index (χ3n) is 4.78. The van der Waals surface area contributed by atoms with Crippen molar-refractivity contribution < 1.29 is 14.3 Å². The molecule has 0 bridgehead atoms. The van der Waals surface area contributed by atoms with E-state index in [1.54, 1.807) is 13.2 Å². The maximum Gasteiger partial charge on any atom is 0.250 e.